The lowest BCUT2D eigenvalue weighted by atomic mass is 10.1. The van der Waals surface area contributed by atoms with Crippen molar-refractivity contribution in [1.29, 1.82) is 0 Å². The lowest BCUT2D eigenvalue weighted by Crippen LogP contribution is -2.40. The predicted octanol–water partition coefficient (Wildman–Crippen LogP) is 4.71. The van der Waals surface area contributed by atoms with Gasteiger partial charge in [0, 0.05) is 36.7 Å². The number of nitrogens with one attached hydrogen (secondary N) is 1. The van der Waals surface area contributed by atoms with Gasteiger partial charge in [0.25, 0.3) is 5.91 Å². The molecule has 0 fully saturated rings. The van der Waals surface area contributed by atoms with Crippen molar-refractivity contribution in [2.75, 3.05) is 32.1 Å². The number of benzene rings is 3. The largest absolute Gasteiger partial charge is 0.383 e. The molecule has 4 rings (SSSR count). The van der Waals surface area contributed by atoms with E-state index < -0.39 is 5.91 Å². The lowest BCUT2D eigenvalue weighted by Gasteiger charge is -2.22. The van der Waals surface area contributed by atoms with Crippen LogP contribution in [0.4, 0.5) is 10.3 Å². The van der Waals surface area contributed by atoms with Gasteiger partial charge in [-0.05, 0) is 43.3 Å². The third kappa shape index (κ3) is 6.03. The number of rotatable bonds is 9. The molecule has 7 nitrogen and oxygen atoms in total. The van der Waals surface area contributed by atoms with Gasteiger partial charge in [-0.15, -0.1) is 0 Å². The zero-order valence-corrected chi connectivity index (χ0v) is 20.1. The number of aromatic nitrogens is 2. The molecule has 0 atom stereocenters. The third-order valence-corrected chi connectivity index (χ3v) is 5.62. The third-order valence-electron chi connectivity index (χ3n) is 5.62. The second-order valence-corrected chi connectivity index (χ2v) is 8.30. The highest BCUT2D eigenvalue weighted by molar-refractivity contribution is 5.99. The van der Waals surface area contributed by atoms with Crippen molar-refractivity contribution in [3.05, 3.63) is 102 Å². The fourth-order valence-corrected chi connectivity index (χ4v) is 3.69. The second-order valence-electron chi connectivity index (χ2n) is 8.30. The van der Waals surface area contributed by atoms with Crippen molar-refractivity contribution in [2.24, 2.45) is 0 Å². The van der Waals surface area contributed by atoms with Gasteiger partial charge in [-0.2, -0.15) is 0 Å². The molecule has 0 aliphatic carbocycles. The molecular formula is C28H27FN4O3. The maximum atomic E-state index is 13.5. The number of hydrogen-bond acceptors (Lipinski definition) is 4. The molecule has 36 heavy (non-hydrogen) atoms. The summed E-state index contributed by atoms with van der Waals surface area (Å²) in [5, 5.41) is 2.82. The standard InChI is InChI=1S/C28H27FN4O3/c1-20-8-10-22(11-9-20)27(35)32(16-17-36-2)19-26(34)31-28-30-25(21-6-4-3-5-7-21)18-33(28)24-14-12-23(29)13-15-24/h3-15,18H,16-17,19H2,1-2H3,(H,30,31,34). The van der Waals surface area contributed by atoms with Crippen molar-refractivity contribution in [3.8, 4) is 16.9 Å². The predicted molar refractivity (Wildman–Crippen MR) is 137 cm³/mol. The summed E-state index contributed by atoms with van der Waals surface area (Å²) in [4.78, 5) is 32.2. The van der Waals surface area contributed by atoms with Gasteiger partial charge in [-0.3, -0.25) is 19.5 Å². The van der Waals surface area contributed by atoms with Crippen LogP contribution in [0.1, 0.15) is 15.9 Å². The van der Waals surface area contributed by atoms with Crippen LogP contribution in [0.5, 0.6) is 0 Å². The molecule has 1 heterocycles. The van der Waals surface area contributed by atoms with Crippen LogP contribution < -0.4 is 5.32 Å². The van der Waals surface area contributed by atoms with Gasteiger partial charge >= 0.3 is 0 Å². The van der Waals surface area contributed by atoms with Crippen LogP contribution in [-0.4, -0.2) is 53.1 Å². The van der Waals surface area contributed by atoms with Crippen molar-refractivity contribution >= 4 is 17.8 Å². The molecule has 0 aliphatic rings. The zero-order chi connectivity index (χ0) is 25.5. The number of aryl methyl sites for hydroxylation is 1. The van der Waals surface area contributed by atoms with E-state index in [1.807, 2.05) is 49.4 Å². The minimum atomic E-state index is -0.417. The minimum absolute atomic E-state index is 0.187. The number of carbonyl (C=O) groups excluding carboxylic acids is 2. The Hall–Kier alpha value is -4.30. The molecule has 0 saturated heterocycles. The number of hydrogen-bond donors (Lipinski definition) is 1. The Kier molecular flexibility index (Phi) is 7.87. The fourth-order valence-electron chi connectivity index (χ4n) is 3.69. The minimum Gasteiger partial charge on any atom is -0.383 e. The van der Waals surface area contributed by atoms with Gasteiger partial charge in [0.15, 0.2) is 0 Å². The summed E-state index contributed by atoms with van der Waals surface area (Å²) in [6, 6.07) is 22.6. The smallest absolute Gasteiger partial charge is 0.254 e. The zero-order valence-electron chi connectivity index (χ0n) is 20.1. The van der Waals surface area contributed by atoms with Gasteiger partial charge in [0.1, 0.15) is 12.4 Å². The molecule has 184 valence electrons. The Bertz CT molecular complexity index is 1320. The maximum absolute atomic E-state index is 13.5. The van der Waals surface area contributed by atoms with Crippen LogP contribution in [0.25, 0.3) is 16.9 Å². The number of ether oxygens (including phenoxy) is 1. The van der Waals surface area contributed by atoms with E-state index in [0.717, 1.165) is 11.1 Å². The second kappa shape index (κ2) is 11.4. The lowest BCUT2D eigenvalue weighted by molar-refractivity contribution is -0.117. The van der Waals surface area contributed by atoms with E-state index in [2.05, 4.69) is 10.3 Å². The van der Waals surface area contributed by atoms with E-state index in [-0.39, 0.29) is 37.4 Å². The van der Waals surface area contributed by atoms with E-state index >= 15 is 0 Å². The van der Waals surface area contributed by atoms with Crippen LogP contribution in [0.3, 0.4) is 0 Å². The summed E-state index contributed by atoms with van der Waals surface area (Å²) in [7, 11) is 1.54. The highest BCUT2D eigenvalue weighted by atomic mass is 19.1. The number of anilines is 1. The Balaban J connectivity index is 1.59. The molecule has 3 aromatic carbocycles. The first-order valence-electron chi connectivity index (χ1n) is 11.5. The molecule has 0 bridgehead atoms. The highest BCUT2D eigenvalue weighted by Gasteiger charge is 2.21. The van der Waals surface area contributed by atoms with Crippen molar-refractivity contribution in [2.45, 2.75) is 6.92 Å². The van der Waals surface area contributed by atoms with Crippen LogP contribution in [-0.2, 0) is 9.53 Å². The summed E-state index contributed by atoms with van der Waals surface area (Å²) in [5.74, 6) is -0.787. The number of carbonyl (C=O) groups is 2. The van der Waals surface area contributed by atoms with E-state index in [9.17, 15) is 14.0 Å². The molecule has 0 radical (unpaired) electrons. The van der Waals surface area contributed by atoms with Gasteiger partial charge in [-0.25, -0.2) is 9.37 Å². The molecule has 4 aromatic rings. The monoisotopic (exact) mass is 486 g/mol. The van der Waals surface area contributed by atoms with E-state index in [1.165, 1.54) is 17.0 Å². The molecule has 0 aliphatic heterocycles. The van der Waals surface area contributed by atoms with E-state index in [1.54, 1.807) is 42.1 Å². The number of nitrogens with zero attached hydrogens (tertiary/aromatic N) is 3. The topological polar surface area (TPSA) is 76.5 Å². The Morgan fingerprint density at radius 2 is 1.69 bits per heavy atom. The first-order valence-corrected chi connectivity index (χ1v) is 11.5. The Morgan fingerprint density at radius 1 is 1.00 bits per heavy atom. The molecule has 0 saturated carbocycles. The van der Waals surface area contributed by atoms with E-state index in [0.29, 0.717) is 16.9 Å². The average Bonchev–Trinajstić information content (AvgIpc) is 3.31. The molecule has 1 aromatic heterocycles. The summed E-state index contributed by atoms with van der Waals surface area (Å²) >= 11 is 0. The number of methoxy groups -OCH3 is 1. The van der Waals surface area contributed by atoms with E-state index in [4.69, 9.17) is 4.74 Å². The maximum Gasteiger partial charge on any atom is 0.254 e. The van der Waals surface area contributed by atoms with Crippen LogP contribution in [0.15, 0.2) is 85.1 Å². The fraction of sp³-hybridized carbons (Fsp3) is 0.179. The first kappa shape index (κ1) is 24.8. The number of imidazole rings is 1. The van der Waals surface area contributed by atoms with Crippen LogP contribution >= 0.6 is 0 Å². The van der Waals surface area contributed by atoms with Gasteiger partial charge in [-0.1, -0.05) is 48.0 Å². The normalized spacial score (nSPS) is 10.8. The van der Waals surface area contributed by atoms with Crippen LogP contribution in [0, 0.1) is 12.7 Å². The SMILES string of the molecule is COCCN(CC(=O)Nc1nc(-c2ccccc2)cn1-c1ccc(F)cc1)C(=O)c1ccc(C)cc1. The van der Waals surface area contributed by atoms with Crippen molar-refractivity contribution in [3.63, 3.8) is 0 Å². The molecular weight excluding hydrogens is 459 g/mol. The molecule has 2 amide bonds. The number of halogens is 1. The molecule has 0 spiro atoms. The van der Waals surface area contributed by atoms with Gasteiger partial charge < -0.3 is 9.64 Å². The Labute approximate surface area is 209 Å². The quantitative estimate of drug-likeness (QED) is 0.372. The highest BCUT2D eigenvalue weighted by Crippen LogP contribution is 2.24. The van der Waals surface area contributed by atoms with Gasteiger partial charge in [0.2, 0.25) is 11.9 Å². The first-order chi connectivity index (χ1) is 17.4. The summed E-state index contributed by atoms with van der Waals surface area (Å²) in [6.07, 6.45) is 1.78. The van der Waals surface area contributed by atoms with Crippen LogP contribution in [0.2, 0.25) is 0 Å². The number of amides is 2. The Morgan fingerprint density at radius 3 is 2.36 bits per heavy atom. The average molecular weight is 487 g/mol. The summed E-state index contributed by atoms with van der Waals surface area (Å²) < 4.78 is 20.3. The summed E-state index contributed by atoms with van der Waals surface area (Å²) in [5.41, 5.74) is 3.67. The van der Waals surface area contributed by atoms with Gasteiger partial charge in [0.05, 0.1) is 12.3 Å². The van der Waals surface area contributed by atoms with Crippen molar-refractivity contribution < 1.29 is 18.7 Å². The summed E-state index contributed by atoms with van der Waals surface area (Å²) in [6.45, 7) is 2.29. The molecule has 8 heteroatoms. The van der Waals surface area contributed by atoms with Crippen molar-refractivity contribution in [1.82, 2.24) is 14.5 Å². The molecule has 1 N–H and O–H groups in total. The molecule has 0 unspecified atom stereocenters.